The largest absolute Gasteiger partial charge is 0.462 e. The summed E-state index contributed by atoms with van der Waals surface area (Å²) in [6, 6.07) is -0.704. The van der Waals surface area contributed by atoms with Crippen LogP contribution in [0, 0.1) is 0 Å². The van der Waals surface area contributed by atoms with Crippen LogP contribution in [0.4, 0.5) is 0 Å². The highest BCUT2D eigenvalue weighted by atomic mass is 16.5. The molecule has 0 aliphatic rings. The van der Waals surface area contributed by atoms with Crippen LogP contribution < -0.4 is 5.32 Å². The third-order valence-corrected chi connectivity index (χ3v) is 11.3. The molecule has 6 heteroatoms. The van der Waals surface area contributed by atoms with Crippen LogP contribution in [0.3, 0.4) is 0 Å². The lowest BCUT2D eigenvalue weighted by molar-refractivity contribution is -0.151. The summed E-state index contributed by atoms with van der Waals surface area (Å²) < 4.78 is 5.90. The van der Waals surface area contributed by atoms with E-state index in [4.69, 9.17) is 4.74 Å². The normalized spacial score (nSPS) is 13.6. The minimum atomic E-state index is -0.790. The second-order valence-electron chi connectivity index (χ2n) is 16.9. The van der Waals surface area contributed by atoms with Crippen LogP contribution in [0.1, 0.15) is 252 Å². The zero-order valence-corrected chi connectivity index (χ0v) is 38.0. The predicted octanol–water partition coefficient (Wildman–Crippen LogP) is 14.5. The minimum absolute atomic E-state index is 0.0672. The fourth-order valence-corrected chi connectivity index (χ4v) is 7.55. The van der Waals surface area contributed by atoms with Gasteiger partial charge in [-0.05, 0) is 44.9 Å². The van der Waals surface area contributed by atoms with Crippen molar-refractivity contribution in [3.05, 3.63) is 36.5 Å². The third-order valence-electron chi connectivity index (χ3n) is 11.3. The zero-order valence-electron chi connectivity index (χ0n) is 38.0. The van der Waals surface area contributed by atoms with Crippen LogP contribution in [0.5, 0.6) is 0 Å². The molecule has 0 rings (SSSR count). The van der Waals surface area contributed by atoms with Gasteiger partial charge in [0.15, 0.2) is 0 Å². The molecule has 334 valence electrons. The molecule has 0 bridgehead atoms. The van der Waals surface area contributed by atoms with Crippen molar-refractivity contribution >= 4 is 11.9 Å². The quantitative estimate of drug-likeness (QED) is 0.0324. The lowest BCUT2D eigenvalue weighted by Gasteiger charge is -2.24. The number of carbonyl (C=O) groups excluding carboxylic acids is 2. The first-order valence-electron chi connectivity index (χ1n) is 24.7. The Balaban J connectivity index is 4.54. The predicted molar refractivity (Wildman–Crippen MR) is 246 cm³/mol. The van der Waals surface area contributed by atoms with Crippen LogP contribution in [0.15, 0.2) is 36.5 Å². The smallest absolute Gasteiger partial charge is 0.306 e. The van der Waals surface area contributed by atoms with Crippen molar-refractivity contribution in [2.24, 2.45) is 0 Å². The Morgan fingerprint density at radius 3 is 1.42 bits per heavy atom. The second-order valence-corrected chi connectivity index (χ2v) is 16.9. The molecular weight excluding hydrogens is 707 g/mol. The average molecular weight is 802 g/mol. The van der Waals surface area contributed by atoms with Crippen LogP contribution in [0.2, 0.25) is 0 Å². The van der Waals surface area contributed by atoms with E-state index in [1.165, 1.54) is 122 Å². The maximum atomic E-state index is 13.2. The van der Waals surface area contributed by atoms with E-state index in [-0.39, 0.29) is 24.9 Å². The van der Waals surface area contributed by atoms with Gasteiger partial charge in [-0.3, -0.25) is 9.59 Å². The molecule has 3 N–H and O–H groups in total. The number of carbonyl (C=O) groups is 2. The maximum Gasteiger partial charge on any atom is 0.306 e. The number of allylic oxidation sites excluding steroid dienone is 6. The van der Waals surface area contributed by atoms with Gasteiger partial charge in [0.1, 0.15) is 6.10 Å². The number of rotatable bonds is 44. The number of hydrogen-bond donors (Lipinski definition) is 3. The molecule has 0 aliphatic heterocycles. The van der Waals surface area contributed by atoms with Gasteiger partial charge in [0, 0.05) is 6.42 Å². The number of aliphatic hydroxyl groups excluding tert-OH is 2. The molecule has 0 saturated heterocycles. The molecule has 6 nitrogen and oxygen atoms in total. The lowest BCUT2D eigenvalue weighted by Crippen LogP contribution is -2.46. The van der Waals surface area contributed by atoms with E-state index >= 15 is 0 Å². The van der Waals surface area contributed by atoms with Gasteiger partial charge in [0.2, 0.25) is 5.91 Å². The van der Waals surface area contributed by atoms with Crippen molar-refractivity contribution in [3.8, 4) is 0 Å². The Hall–Kier alpha value is -1.92. The molecule has 3 unspecified atom stereocenters. The van der Waals surface area contributed by atoms with E-state index in [9.17, 15) is 19.8 Å². The van der Waals surface area contributed by atoms with Crippen molar-refractivity contribution in [1.82, 2.24) is 5.32 Å². The summed E-state index contributed by atoms with van der Waals surface area (Å²) >= 11 is 0. The summed E-state index contributed by atoms with van der Waals surface area (Å²) in [5, 5.41) is 23.7. The molecule has 1 amide bonds. The number of amides is 1. The molecular formula is C51H95NO5. The van der Waals surface area contributed by atoms with Crippen LogP contribution in [-0.2, 0) is 14.3 Å². The van der Waals surface area contributed by atoms with Gasteiger partial charge in [0.25, 0.3) is 0 Å². The Morgan fingerprint density at radius 2 is 0.947 bits per heavy atom. The standard InChI is InChI=1S/C51H95NO5/c1-4-7-10-13-16-19-22-24-25-27-29-31-34-37-40-43-49(54)48(46-53)52-50(55)45-47(42-39-36-33-30-28-26-23-20-17-14-11-8-5-2)57-51(56)44-41-38-35-32-21-18-15-12-9-6-3/h8,11,14,17,20,23,47-49,53-54H,4-7,9-10,12-13,15-16,18-19,21-22,24-46H2,1-3H3,(H,52,55)/b11-8+,17-14+,23-20+. The Labute approximate surface area is 353 Å². The number of nitrogens with one attached hydrogen (secondary N) is 1. The van der Waals surface area contributed by atoms with Gasteiger partial charge < -0.3 is 20.3 Å². The van der Waals surface area contributed by atoms with Gasteiger partial charge in [-0.1, -0.05) is 231 Å². The van der Waals surface area contributed by atoms with Crippen molar-refractivity contribution in [3.63, 3.8) is 0 Å². The van der Waals surface area contributed by atoms with Crippen LogP contribution in [-0.4, -0.2) is 46.9 Å². The first-order valence-corrected chi connectivity index (χ1v) is 24.7. The second kappa shape index (κ2) is 45.2. The molecule has 0 aromatic heterocycles. The van der Waals surface area contributed by atoms with E-state index in [2.05, 4.69) is 62.5 Å². The Bertz CT molecular complexity index is 946. The highest BCUT2D eigenvalue weighted by molar-refractivity contribution is 5.77. The fourth-order valence-electron chi connectivity index (χ4n) is 7.55. The number of esters is 1. The molecule has 0 aromatic rings. The molecule has 0 fully saturated rings. The summed E-state index contributed by atoms with van der Waals surface area (Å²) in [6.45, 7) is 6.34. The first-order chi connectivity index (χ1) is 28.0. The van der Waals surface area contributed by atoms with Gasteiger partial charge in [0.05, 0.1) is 25.2 Å². The van der Waals surface area contributed by atoms with E-state index in [1.54, 1.807) is 0 Å². The molecule has 0 aliphatic carbocycles. The highest BCUT2D eigenvalue weighted by Crippen LogP contribution is 2.18. The topological polar surface area (TPSA) is 95.9 Å². The van der Waals surface area contributed by atoms with Gasteiger partial charge in [-0.25, -0.2) is 0 Å². The number of unbranched alkanes of at least 4 members (excludes halogenated alkanes) is 28. The molecule has 0 aromatic carbocycles. The van der Waals surface area contributed by atoms with E-state index in [0.717, 1.165) is 83.5 Å². The van der Waals surface area contributed by atoms with E-state index < -0.39 is 18.2 Å². The maximum absolute atomic E-state index is 13.2. The fraction of sp³-hybridized carbons (Fsp3) is 0.843. The Kier molecular flexibility index (Phi) is 43.6. The molecule has 0 saturated carbocycles. The Morgan fingerprint density at radius 1 is 0.526 bits per heavy atom. The summed E-state index contributed by atoms with van der Waals surface area (Å²) in [5.41, 5.74) is 0. The van der Waals surface area contributed by atoms with Crippen LogP contribution in [0.25, 0.3) is 0 Å². The van der Waals surface area contributed by atoms with Crippen LogP contribution >= 0.6 is 0 Å². The third kappa shape index (κ3) is 40.6. The summed E-state index contributed by atoms with van der Waals surface area (Å²) in [7, 11) is 0. The number of ether oxygens (including phenoxy) is 1. The van der Waals surface area contributed by atoms with Gasteiger partial charge >= 0.3 is 5.97 Å². The molecule has 0 radical (unpaired) electrons. The van der Waals surface area contributed by atoms with E-state index in [0.29, 0.717) is 19.3 Å². The lowest BCUT2D eigenvalue weighted by atomic mass is 10.0. The monoisotopic (exact) mass is 802 g/mol. The van der Waals surface area contributed by atoms with Crippen molar-refractivity contribution in [2.45, 2.75) is 270 Å². The SMILES string of the molecule is CC/C=C/C=C/C=C/CCCCCCCC(CC(=O)NC(CO)C(O)CCCCCCCCCCCCCCCCC)OC(=O)CCCCCCCCCCCC. The number of hydrogen-bond acceptors (Lipinski definition) is 5. The minimum Gasteiger partial charge on any atom is -0.462 e. The number of aliphatic hydroxyl groups is 2. The van der Waals surface area contributed by atoms with Gasteiger partial charge in [-0.15, -0.1) is 0 Å². The van der Waals surface area contributed by atoms with Crippen molar-refractivity contribution in [1.29, 1.82) is 0 Å². The van der Waals surface area contributed by atoms with E-state index in [1.807, 2.05) is 0 Å². The summed E-state index contributed by atoms with van der Waals surface area (Å²) in [5.74, 6) is -0.488. The molecule has 0 spiro atoms. The van der Waals surface area contributed by atoms with Crippen molar-refractivity contribution in [2.75, 3.05) is 6.61 Å². The van der Waals surface area contributed by atoms with Gasteiger partial charge in [-0.2, -0.15) is 0 Å². The van der Waals surface area contributed by atoms with Crippen molar-refractivity contribution < 1.29 is 24.5 Å². The zero-order chi connectivity index (χ0) is 41.7. The molecule has 0 heterocycles. The highest BCUT2D eigenvalue weighted by Gasteiger charge is 2.24. The summed E-state index contributed by atoms with van der Waals surface area (Å²) in [4.78, 5) is 26.0. The molecule has 57 heavy (non-hydrogen) atoms. The average Bonchev–Trinajstić information content (AvgIpc) is 3.20. The summed E-state index contributed by atoms with van der Waals surface area (Å²) in [6.07, 6.45) is 52.0. The molecule has 3 atom stereocenters. The first kappa shape index (κ1) is 55.1.